The Hall–Kier alpha value is -2.77. The van der Waals surface area contributed by atoms with E-state index in [0.29, 0.717) is 12.5 Å². The first kappa shape index (κ1) is 17.6. The Morgan fingerprint density at radius 1 is 1.07 bits per heavy atom. The topological polar surface area (TPSA) is 59.9 Å². The predicted molar refractivity (Wildman–Crippen MR) is 112 cm³/mol. The van der Waals surface area contributed by atoms with Gasteiger partial charge in [0.05, 0.1) is 7.11 Å². The molecule has 0 spiro atoms. The van der Waals surface area contributed by atoms with Crippen LogP contribution in [0.3, 0.4) is 0 Å². The third kappa shape index (κ3) is 3.99. The smallest absolute Gasteiger partial charge is 0.223 e. The minimum Gasteiger partial charge on any atom is -0.497 e. The van der Waals surface area contributed by atoms with Crippen molar-refractivity contribution < 1.29 is 4.74 Å². The van der Waals surface area contributed by atoms with Gasteiger partial charge >= 0.3 is 0 Å². The van der Waals surface area contributed by atoms with Crippen LogP contribution in [0, 0.1) is 6.92 Å². The molecule has 0 saturated carbocycles. The number of nitrogens with zero attached hydrogens (tertiary/aromatic N) is 3. The Kier molecular flexibility index (Phi) is 5.13. The number of anilines is 1. The number of methoxy groups -OCH3 is 1. The van der Waals surface area contributed by atoms with Crippen LogP contribution in [0.4, 0.5) is 5.95 Å². The zero-order valence-corrected chi connectivity index (χ0v) is 16.6. The van der Waals surface area contributed by atoms with Crippen molar-refractivity contribution >= 4 is 28.6 Å². The minimum atomic E-state index is 0.590. The molecule has 1 N–H and O–H groups in total. The number of rotatable bonds is 6. The second-order valence-corrected chi connectivity index (χ2v) is 7.60. The highest BCUT2D eigenvalue weighted by Crippen LogP contribution is 2.33. The van der Waals surface area contributed by atoms with Gasteiger partial charge in [-0.1, -0.05) is 12.1 Å². The van der Waals surface area contributed by atoms with E-state index in [4.69, 9.17) is 9.72 Å². The number of aromatic nitrogens is 3. The summed E-state index contributed by atoms with van der Waals surface area (Å²) >= 11 is 3.26. The average molecular weight is 395 g/mol. The van der Waals surface area contributed by atoms with Crippen molar-refractivity contribution in [3.05, 3.63) is 63.9 Å². The third-order valence-corrected chi connectivity index (χ3v) is 5.70. The molecule has 1 aromatic carbocycles. The second kappa shape index (κ2) is 7.85. The van der Waals surface area contributed by atoms with Crippen LogP contribution in [0.5, 0.6) is 5.75 Å². The van der Waals surface area contributed by atoms with Crippen LogP contribution < -0.4 is 10.1 Å². The molecule has 27 heavy (non-hydrogen) atoms. The van der Waals surface area contributed by atoms with Gasteiger partial charge in [0.25, 0.3) is 0 Å². The molecular formula is C20H18N4OS2. The summed E-state index contributed by atoms with van der Waals surface area (Å²) in [5.41, 5.74) is 5.11. The van der Waals surface area contributed by atoms with Gasteiger partial charge in [0.2, 0.25) is 5.95 Å². The van der Waals surface area contributed by atoms with Crippen molar-refractivity contribution in [3.63, 3.8) is 0 Å². The number of nitrogens with one attached hydrogen (secondary N) is 1. The number of thiophene rings is 1. The van der Waals surface area contributed by atoms with Gasteiger partial charge in [0, 0.05) is 29.4 Å². The fourth-order valence-corrected chi connectivity index (χ4v) is 4.10. The number of benzene rings is 1. The SMILES string of the molecule is COc1ccc(CNc2ncc(-c3ccsc3)c(-c3nc(C)cs3)n2)cc1. The molecule has 7 heteroatoms. The third-order valence-electron chi connectivity index (χ3n) is 4.05. The summed E-state index contributed by atoms with van der Waals surface area (Å²) in [5.74, 6) is 1.43. The number of aryl methyl sites for hydroxylation is 1. The quantitative estimate of drug-likeness (QED) is 0.483. The van der Waals surface area contributed by atoms with Crippen LogP contribution in [0.1, 0.15) is 11.3 Å². The molecule has 0 bridgehead atoms. The molecule has 0 amide bonds. The summed E-state index contributed by atoms with van der Waals surface area (Å²) in [6.07, 6.45) is 1.87. The lowest BCUT2D eigenvalue weighted by Crippen LogP contribution is -2.05. The van der Waals surface area contributed by atoms with Crippen molar-refractivity contribution in [3.8, 4) is 27.6 Å². The second-order valence-electron chi connectivity index (χ2n) is 5.96. The van der Waals surface area contributed by atoms with Gasteiger partial charge in [-0.05, 0) is 47.0 Å². The van der Waals surface area contributed by atoms with Gasteiger partial charge < -0.3 is 10.1 Å². The fourth-order valence-electron chi connectivity index (χ4n) is 2.65. The van der Waals surface area contributed by atoms with Gasteiger partial charge in [0.15, 0.2) is 0 Å². The number of ether oxygens (including phenoxy) is 1. The lowest BCUT2D eigenvalue weighted by Gasteiger charge is -2.10. The largest absolute Gasteiger partial charge is 0.497 e. The maximum atomic E-state index is 5.20. The van der Waals surface area contributed by atoms with Crippen LogP contribution in [0.2, 0.25) is 0 Å². The molecule has 3 heterocycles. The Bertz CT molecular complexity index is 1030. The van der Waals surface area contributed by atoms with Crippen molar-refractivity contribution in [1.29, 1.82) is 0 Å². The Morgan fingerprint density at radius 3 is 2.59 bits per heavy atom. The van der Waals surface area contributed by atoms with E-state index < -0.39 is 0 Å². The molecule has 0 fully saturated rings. The van der Waals surface area contributed by atoms with Crippen molar-refractivity contribution in [2.45, 2.75) is 13.5 Å². The number of hydrogen-bond acceptors (Lipinski definition) is 7. The Morgan fingerprint density at radius 2 is 1.93 bits per heavy atom. The summed E-state index contributed by atoms with van der Waals surface area (Å²) in [6.45, 7) is 2.63. The first-order valence-electron chi connectivity index (χ1n) is 8.42. The first-order valence-corrected chi connectivity index (χ1v) is 10.2. The van der Waals surface area contributed by atoms with E-state index in [2.05, 4.69) is 32.1 Å². The van der Waals surface area contributed by atoms with Gasteiger partial charge in [-0.25, -0.2) is 15.0 Å². The molecule has 0 atom stereocenters. The van der Waals surface area contributed by atoms with E-state index >= 15 is 0 Å². The van der Waals surface area contributed by atoms with Crippen molar-refractivity contribution in [2.75, 3.05) is 12.4 Å². The van der Waals surface area contributed by atoms with Crippen LogP contribution in [-0.4, -0.2) is 22.1 Å². The maximum absolute atomic E-state index is 5.20. The highest BCUT2D eigenvalue weighted by molar-refractivity contribution is 7.13. The van der Waals surface area contributed by atoms with Gasteiger partial charge in [-0.3, -0.25) is 0 Å². The van der Waals surface area contributed by atoms with Gasteiger partial charge in [0.1, 0.15) is 16.5 Å². The molecule has 4 aromatic rings. The highest BCUT2D eigenvalue weighted by atomic mass is 32.1. The molecule has 0 saturated heterocycles. The first-order chi connectivity index (χ1) is 13.2. The average Bonchev–Trinajstić information content (AvgIpc) is 3.38. The lowest BCUT2D eigenvalue weighted by atomic mass is 10.1. The fraction of sp³-hybridized carbons (Fsp3) is 0.150. The molecule has 4 rings (SSSR count). The molecule has 0 aliphatic rings. The normalized spacial score (nSPS) is 10.7. The van der Waals surface area contributed by atoms with Crippen molar-refractivity contribution in [1.82, 2.24) is 15.0 Å². The minimum absolute atomic E-state index is 0.590. The van der Waals surface area contributed by atoms with E-state index in [1.165, 1.54) is 0 Å². The van der Waals surface area contributed by atoms with Gasteiger partial charge in [-0.15, -0.1) is 11.3 Å². The number of hydrogen-bond donors (Lipinski definition) is 1. The zero-order chi connectivity index (χ0) is 18.6. The summed E-state index contributed by atoms with van der Waals surface area (Å²) in [7, 11) is 1.66. The number of thiazole rings is 1. The van der Waals surface area contributed by atoms with E-state index in [1.54, 1.807) is 29.8 Å². The summed E-state index contributed by atoms with van der Waals surface area (Å²) in [4.78, 5) is 13.9. The molecule has 0 radical (unpaired) electrons. The highest BCUT2D eigenvalue weighted by Gasteiger charge is 2.15. The van der Waals surface area contributed by atoms with Crippen LogP contribution in [-0.2, 0) is 6.54 Å². The molecule has 0 aliphatic heterocycles. The summed E-state index contributed by atoms with van der Waals surface area (Å²) in [6, 6.07) is 10.0. The molecule has 136 valence electrons. The van der Waals surface area contributed by atoms with E-state index in [1.807, 2.05) is 42.8 Å². The van der Waals surface area contributed by atoms with Crippen LogP contribution in [0.15, 0.2) is 52.7 Å². The maximum Gasteiger partial charge on any atom is 0.223 e. The molecular weight excluding hydrogens is 376 g/mol. The lowest BCUT2D eigenvalue weighted by molar-refractivity contribution is 0.414. The molecule has 3 aromatic heterocycles. The molecule has 5 nitrogen and oxygen atoms in total. The van der Waals surface area contributed by atoms with E-state index in [9.17, 15) is 0 Å². The van der Waals surface area contributed by atoms with E-state index in [-0.39, 0.29) is 0 Å². The van der Waals surface area contributed by atoms with Crippen LogP contribution >= 0.6 is 22.7 Å². The summed E-state index contributed by atoms with van der Waals surface area (Å²) < 4.78 is 5.20. The van der Waals surface area contributed by atoms with Gasteiger partial charge in [-0.2, -0.15) is 11.3 Å². The molecule has 0 aliphatic carbocycles. The van der Waals surface area contributed by atoms with E-state index in [0.717, 1.165) is 38.8 Å². The molecule has 0 unspecified atom stereocenters. The Balaban J connectivity index is 1.62. The predicted octanol–water partition coefficient (Wildman–Crippen LogP) is 5.26. The standard InChI is InChI=1S/C20H18N4OS2/c1-13-11-27-19(23-13)18-17(15-7-8-26-12-15)10-22-20(24-18)21-9-14-3-5-16(25-2)6-4-14/h3-8,10-12H,9H2,1-2H3,(H,21,22,24). The zero-order valence-electron chi connectivity index (χ0n) is 15.0. The summed E-state index contributed by atoms with van der Waals surface area (Å²) in [5, 5.41) is 10.4. The monoisotopic (exact) mass is 394 g/mol. The van der Waals surface area contributed by atoms with Crippen LogP contribution in [0.25, 0.3) is 21.8 Å². The van der Waals surface area contributed by atoms with Crippen molar-refractivity contribution in [2.24, 2.45) is 0 Å². The Labute approximate surface area is 165 Å².